The third-order valence-electron chi connectivity index (χ3n) is 9.59. The minimum absolute atomic E-state index is 0.0706. The zero-order valence-corrected chi connectivity index (χ0v) is 32.1. The lowest BCUT2D eigenvalue weighted by Gasteiger charge is -2.41. The molecule has 1 amide bonds. The van der Waals surface area contributed by atoms with Gasteiger partial charge in [0.25, 0.3) is 0 Å². The second-order valence-electron chi connectivity index (χ2n) is 13.6. The molecular weight excluding hydrogens is 737 g/mol. The van der Waals surface area contributed by atoms with Crippen LogP contribution in [-0.4, -0.2) is 48.4 Å². The molecule has 10 nitrogen and oxygen atoms in total. The van der Waals surface area contributed by atoms with Gasteiger partial charge >= 0.3 is 5.97 Å². The second kappa shape index (κ2) is 18.2. The molecule has 1 heterocycles. The summed E-state index contributed by atoms with van der Waals surface area (Å²) in [5.41, 5.74) is 5.23. The molecule has 286 valence electrons. The highest BCUT2D eigenvalue weighted by atomic mass is 32.2. The molecule has 4 N–H and O–H groups in total. The number of aliphatic hydroxyl groups is 1. The standard InChI is InChI=1S/C43H44N2O8S2/c1-28-12-22-35(23-13-28)55(50,51)45-37(24-30-8-4-3-5-9-30)41(47)44-25-31-14-20-34(21-15-31)43-52-38(27-54-39-11-7-6-10-36(39)42(48)49)29(2)40(53-43)33-18-16-32(26-46)17-19-33/h3-23,29,37-38,40,43,45-46H,24-27H2,1-2H3,(H,44,47)(H,48,49). The van der Waals surface area contributed by atoms with E-state index in [-0.39, 0.29) is 48.2 Å². The second-order valence-corrected chi connectivity index (χ2v) is 16.3. The van der Waals surface area contributed by atoms with Crippen LogP contribution in [-0.2, 0) is 43.9 Å². The summed E-state index contributed by atoms with van der Waals surface area (Å²) in [6.45, 7) is 4.00. The number of carboxylic acids is 1. The molecule has 5 aromatic rings. The van der Waals surface area contributed by atoms with Gasteiger partial charge in [-0.25, -0.2) is 13.2 Å². The Balaban J connectivity index is 1.16. The largest absolute Gasteiger partial charge is 0.478 e. The number of carbonyl (C=O) groups is 2. The summed E-state index contributed by atoms with van der Waals surface area (Å²) >= 11 is 1.43. The predicted octanol–water partition coefficient (Wildman–Crippen LogP) is 6.98. The van der Waals surface area contributed by atoms with E-state index in [1.807, 2.05) is 98.8 Å². The van der Waals surface area contributed by atoms with Crippen LogP contribution in [0.15, 0.2) is 137 Å². The van der Waals surface area contributed by atoms with Gasteiger partial charge in [-0.2, -0.15) is 4.72 Å². The Morgan fingerprint density at radius 3 is 2.09 bits per heavy atom. The van der Waals surface area contributed by atoms with Crippen LogP contribution in [0.1, 0.15) is 63.1 Å². The van der Waals surface area contributed by atoms with E-state index >= 15 is 0 Å². The summed E-state index contributed by atoms with van der Waals surface area (Å²) in [6.07, 6.45) is -1.24. The summed E-state index contributed by atoms with van der Waals surface area (Å²) in [7, 11) is -3.98. The van der Waals surface area contributed by atoms with Crippen LogP contribution < -0.4 is 10.0 Å². The third-order valence-corrected chi connectivity index (χ3v) is 12.2. The fourth-order valence-corrected chi connectivity index (χ4v) is 8.77. The molecular formula is C43H44N2O8S2. The van der Waals surface area contributed by atoms with Crippen LogP contribution in [0.4, 0.5) is 0 Å². The highest BCUT2D eigenvalue weighted by Crippen LogP contribution is 2.43. The Kier molecular flexibility index (Phi) is 13.2. The van der Waals surface area contributed by atoms with E-state index in [9.17, 15) is 28.2 Å². The molecule has 0 radical (unpaired) electrons. The Labute approximate surface area is 326 Å². The molecule has 5 aromatic carbocycles. The first kappa shape index (κ1) is 39.9. The summed E-state index contributed by atoms with van der Waals surface area (Å²) < 4.78 is 42.3. The molecule has 12 heteroatoms. The van der Waals surface area contributed by atoms with Gasteiger partial charge in [0.2, 0.25) is 15.9 Å². The maximum atomic E-state index is 13.6. The first-order valence-corrected chi connectivity index (χ1v) is 20.4. The van der Waals surface area contributed by atoms with Gasteiger partial charge in [0.15, 0.2) is 6.29 Å². The number of sulfonamides is 1. The van der Waals surface area contributed by atoms with Gasteiger partial charge in [-0.05, 0) is 59.9 Å². The van der Waals surface area contributed by atoms with Crippen molar-refractivity contribution < 1.29 is 37.7 Å². The zero-order chi connectivity index (χ0) is 39.0. The van der Waals surface area contributed by atoms with E-state index in [1.54, 1.807) is 30.3 Å². The third kappa shape index (κ3) is 10.3. The molecule has 5 unspecified atom stereocenters. The maximum Gasteiger partial charge on any atom is 0.336 e. The highest BCUT2D eigenvalue weighted by molar-refractivity contribution is 7.99. The molecule has 1 fully saturated rings. The number of aliphatic hydroxyl groups excluding tert-OH is 1. The topological polar surface area (TPSA) is 151 Å². The van der Waals surface area contributed by atoms with E-state index in [0.717, 1.165) is 33.4 Å². The van der Waals surface area contributed by atoms with E-state index in [1.165, 1.54) is 23.9 Å². The minimum Gasteiger partial charge on any atom is -0.478 e. The summed E-state index contributed by atoms with van der Waals surface area (Å²) in [5.74, 6) is -1.06. The predicted molar refractivity (Wildman–Crippen MR) is 211 cm³/mol. The lowest BCUT2D eigenvalue weighted by atomic mass is 9.91. The smallest absolute Gasteiger partial charge is 0.336 e. The Morgan fingerprint density at radius 2 is 1.42 bits per heavy atom. The first-order valence-electron chi connectivity index (χ1n) is 18.0. The van der Waals surface area contributed by atoms with Crippen molar-refractivity contribution in [2.45, 2.75) is 67.8 Å². The van der Waals surface area contributed by atoms with Crippen molar-refractivity contribution in [1.82, 2.24) is 10.0 Å². The van der Waals surface area contributed by atoms with Crippen molar-refractivity contribution in [1.29, 1.82) is 0 Å². The molecule has 1 aliphatic rings. The Bertz CT molecular complexity index is 2160. The zero-order valence-electron chi connectivity index (χ0n) is 30.5. The SMILES string of the molecule is Cc1ccc(S(=O)(=O)NC(Cc2ccccc2)C(=O)NCc2ccc(C3OC(CSc4ccccc4C(=O)O)C(C)C(c4ccc(CO)cc4)O3)cc2)cc1. The molecule has 0 aliphatic carbocycles. The summed E-state index contributed by atoms with van der Waals surface area (Å²) in [6, 6.07) is 36.6. The average Bonchev–Trinajstić information content (AvgIpc) is 3.20. The molecule has 6 rings (SSSR count). The van der Waals surface area contributed by atoms with Crippen LogP contribution >= 0.6 is 11.8 Å². The first-order chi connectivity index (χ1) is 26.5. The molecule has 0 aromatic heterocycles. The van der Waals surface area contributed by atoms with E-state index < -0.39 is 34.2 Å². The van der Waals surface area contributed by atoms with Crippen LogP contribution in [0.5, 0.6) is 0 Å². The molecule has 5 atom stereocenters. The van der Waals surface area contributed by atoms with E-state index in [2.05, 4.69) is 10.0 Å². The van der Waals surface area contributed by atoms with E-state index in [0.29, 0.717) is 10.6 Å². The lowest BCUT2D eigenvalue weighted by molar-refractivity contribution is -0.268. The van der Waals surface area contributed by atoms with Crippen molar-refractivity contribution >= 4 is 33.7 Å². The van der Waals surface area contributed by atoms with Crippen LogP contribution in [0.2, 0.25) is 0 Å². The number of carboxylic acid groups (broad SMARTS) is 1. The number of aromatic carboxylic acids is 1. The quantitative estimate of drug-likeness (QED) is 0.0826. The van der Waals surface area contributed by atoms with Crippen molar-refractivity contribution in [2.24, 2.45) is 5.92 Å². The van der Waals surface area contributed by atoms with Gasteiger partial charge in [-0.1, -0.05) is 116 Å². The van der Waals surface area contributed by atoms with Gasteiger partial charge in [-0.3, -0.25) is 4.79 Å². The number of hydrogen-bond donors (Lipinski definition) is 4. The lowest BCUT2D eigenvalue weighted by Crippen LogP contribution is -2.47. The van der Waals surface area contributed by atoms with Crippen molar-refractivity contribution in [3.63, 3.8) is 0 Å². The number of aryl methyl sites for hydroxylation is 1. The van der Waals surface area contributed by atoms with Crippen LogP contribution in [0, 0.1) is 12.8 Å². The minimum atomic E-state index is -3.98. The van der Waals surface area contributed by atoms with Crippen molar-refractivity contribution in [2.75, 3.05) is 5.75 Å². The number of hydrogen-bond acceptors (Lipinski definition) is 8. The number of ether oxygens (including phenoxy) is 2. The maximum absolute atomic E-state index is 13.6. The Hall–Kier alpha value is -4.82. The fraction of sp³-hybridized carbons (Fsp3) is 0.256. The summed E-state index contributed by atoms with van der Waals surface area (Å²) in [4.78, 5) is 26.2. The number of amides is 1. The fourth-order valence-electron chi connectivity index (χ4n) is 6.37. The van der Waals surface area contributed by atoms with Gasteiger partial charge < -0.3 is 25.0 Å². The molecule has 55 heavy (non-hydrogen) atoms. The Morgan fingerprint density at radius 1 is 0.782 bits per heavy atom. The highest BCUT2D eigenvalue weighted by Gasteiger charge is 2.38. The van der Waals surface area contributed by atoms with Gasteiger partial charge in [-0.15, -0.1) is 11.8 Å². The molecule has 1 saturated heterocycles. The molecule has 0 saturated carbocycles. The normalized spacial score (nSPS) is 19.0. The number of rotatable bonds is 15. The van der Waals surface area contributed by atoms with Gasteiger partial charge in [0.1, 0.15) is 6.04 Å². The molecule has 0 bridgehead atoms. The average molecular weight is 781 g/mol. The summed E-state index contributed by atoms with van der Waals surface area (Å²) in [5, 5.41) is 22.2. The van der Waals surface area contributed by atoms with Crippen molar-refractivity contribution in [3.05, 3.63) is 166 Å². The number of benzene rings is 5. The van der Waals surface area contributed by atoms with Gasteiger partial charge in [0, 0.05) is 28.7 Å². The number of nitrogens with one attached hydrogen (secondary N) is 2. The van der Waals surface area contributed by atoms with Crippen LogP contribution in [0.3, 0.4) is 0 Å². The van der Waals surface area contributed by atoms with Crippen LogP contribution in [0.25, 0.3) is 0 Å². The molecule has 0 spiro atoms. The molecule has 1 aliphatic heterocycles. The number of carbonyl (C=O) groups excluding carboxylic acids is 1. The number of thioether (sulfide) groups is 1. The van der Waals surface area contributed by atoms with Crippen molar-refractivity contribution in [3.8, 4) is 0 Å². The van der Waals surface area contributed by atoms with E-state index in [4.69, 9.17) is 9.47 Å². The monoisotopic (exact) mass is 780 g/mol. The van der Waals surface area contributed by atoms with Gasteiger partial charge in [0.05, 0.1) is 29.3 Å².